The molecule has 0 aromatic heterocycles. The first-order chi connectivity index (χ1) is 16.5. The summed E-state index contributed by atoms with van der Waals surface area (Å²) >= 11 is 0. The van der Waals surface area contributed by atoms with Crippen LogP contribution in [0.15, 0.2) is 66.7 Å². The average Bonchev–Trinajstić information content (AvgIpc) is 2.84. The topological polar surface area (TPSA) is 35.9 Å². The van der Waals surface area contributed by atoms with E-state index in [0.29, 0.717) is 12.4 Å². The number of rotatable bonds is 10. The number of anilines is 1. The van der Waals surface area contributed by atoms with E-state index in [4.69, 9.17) is 4.74 Å². The van der Waals surface area contributed by atoms with E-state index >= 15 is 0 Å². The Kier molecular flexibility index (Phi) is 8.07. The van der Waals surface area contributed by atoms with Gasteiger partial charge >= 0.3 is 0 Å². The fourth-order valence-electron chi connectivity index (χ4n) is 4.66. The summed E-state index contributed by atoms with van der Waals surface area (Å²) in [6.07, 6.45) is 4.08. The minimum atomic E-state index is -0.227. The molecule has 180 valence electrons. The highest BCUT2D eigenvalue weighted by Gasteiger charge is 2.28. The van der Waals surface area contributed by atoms with E-state index < -0.39 is 0 Å². The Hall–Kier alpha value is -3.05. The summed E-state index contributed by atoms with van der Waals surface area (Å²) < 4.78 is 19.5. The third-order valence-corrected chi connectivity index (χ3v) is 6.63. The molecule has 1 unspecified atom stereocenters. The van der Waals surface area contributed by atoms with Crippen LogP contribution in [0.1, 0.15) is 42.5 Å². The average molecular weight is 463 g/mol. The number of ether oxygens (including phenoxy) is 1. The van der Waals surface area contributed by atoms with Crippen molar-refractivity contribution < 1.29 is 14.2 Å². The third-order valence-electron chi connectivity index (χ3n) is 6.63. The zero-order valence-corrected chi connectivity index (χ0v) is 20.2. The molecule has 34 heavy (non-hydrogen) atoms. The largest absolute Gasteiger partial charge is 0.508 e. The van der Waals surface area contributed by atoms with Gasteiger partial charge in [-0.3, -0.25) is 0 Å². The van der Waals surface area contributed by atoms with Crippen LogP contribution < -0.4 is 9.64 Å². The maximum atomic E-state index is 13.5. The van der Waals surface area contributed by atoms with Crippen LogP contribution in [-0.4, -0.2) is 43.3 Å². The Balaban J connectivity index is 1.47. The summed E-state index contributed by atoms with van der Waals surface area (Å²) in [4.78, 5) is 4.65. The van der Waals surface area contributed by atoms with Crippen molar-refractivity contribution in [2.24, 2.45) is 0 Å². The first-order valence-electron chi connectivity index (χ1n) is 12.3. The van der Waals surface area contributed by atoms with E-state index in [-0.39, 0.29) is 11.9 Å². The van der Waals surface area contributed by atoms with Crippen LogP contribution >= 0.6 is 0 Å². The lowest BCUT2D eigenvalue weighted by atomic mass is 9.88. The summed E-state index contributed by atoms with van der Waals surface area (Å²) in [5, 5.41) is 9.98. The molecule has 1 N–H and O–H groups in total. The minimum Gasteiger partial charge on any atom is -0.508 e. The molecule has 3 aromatic rings. The van der Waals surface area contributed by atoms with E-state index in [1.54, 1.807) is 6.07 Å². The molecule has 0 aliphatic carbocycles. The quantitative estimate of drug-likeness (QED) is 0.402. The summed E-state index contributed by atoms with van der Waals surface area (Å²) in [7, 11) is 2.14. The minimum absolute atomic E-state index is 0.105. The van der Waals surface area contributed by atoms with Crippen molar-refractivity contribution in [2.45, 2.75) is 38.6 Å². The number of unbranched alkanes of at least 4 members (excludes halogenated alkanes) is 1. The van der Waals surface area contributed by atoms with Crippen LogP contribution in [0.3, 0.4) is 0 Å². The number of fused-ring (bicyclic) bond motifs is 1. The molecule has 1 aliphatic heterocycles. The number of halogens is 1. The number of likely N-dealkylation sites (N-methyl/N-ethyl adjacent to an activating group) is 1. The van der Waals surface area contributed by atoms with E-state index in [9.17, 15) is 9.50 Å². The first-order valence-corrected chi connectivity index (χ1v) is 12.3. The fourth-order valence-corrected chi connectivity index (χ4v) is 4.66. The molecule has 0 bridgehead atoms. The Morgan fingerprint density at radius 2 is 1.79 bits per heavy atom. The van der Waals surface area contributed by atoms with E-state index in [2.05, 4.69) is 35.9 Å². The van der Waals surface area contributed by atoms with Crippen molar-refractivity contribution in [2.75, 3.05) is 38.2 Å². The predicted molar refractivity (Wildman–Crippen MR) is 136 cm³/mol. The summed E-state index contributed by atoms with van der Waals surface area (Å²) in [6, 6.07) is 20.9. The zero-order chi connectivity index (χ0) is 23.9. The fraction of sp³-hybridized carbons (Fsp3) is 0.379. The Bertz CT molecular complexity index is 1050. The van der Waals surface area contributed by atoms with Crippen molar-refractivity contribution in [3.63, 3.8) is 0 Å². The number of phenolic OH excluding ortho intramolecular Hbond substituents is 1. The lowest BCUT2D eigenvalue weighted by Crippen LogP contribution is -2.36. The summed E-state index contributed by atoms with van der Waals surface area (Å²) in [5.74, 6) is 0.960. The molecule has 5 heteroatoms. The number of hydrogen-bond acceptors (Lipinski definition) is 4. The normalized spacial score (nSPS) is 15.4. The number of aromatic hydroxyl groups is 1. The van der Waals surface area contributed by atoms with Gasteiger partial charge in [0.2, 0.25) is 0 Å². The number of hydrogen-bond donors (Lipinski definition) is 1. The third kappa shape index (κ3) is 6.09. The van der Waals surface area contributed by atoms with Crippen LogP contribution in [-0.2, 0) is 12.8 Å². The van der Waals surface area contributed by atoms with Gasteiger partial charge in [0.05, 0.1) is 6.04 Å². The van der Waals surface area contributed by atoms with Gasteiger partial charge in [-0.2, -0.15) is 0 Å². The van der Waals surface area contributed by atoms with Gasteiger partial charge in [-0.05, 0) is 98.1 Å². The van der Waals surface area contributed by atoms with Gasteiger partial charge in [-0.15, -0.1) is 0 Å². The van der Waals surface area contributed by atoms with Gasteiger partial charge < -0.3 is 19.6 Å². The molecule has 0 fully saturated rings. The van der Waals surface area contributed by atoms with Crippen LogP contribution in [0.25, 0.3) is 0 Å². The second-order valence-corrected chi connectivity index (χ2v) is 9.17. The lowest BCUT2D eigenvalue weighted by molar-refractivity contribution is 0.235. The molecule has 0 saturated heterocycles. The molecule has 0 saturated carbocycles. The predicted octanol–water partition coefficient (Wildman–Crippen LogP) is 5.99. The molecular weight excluding hydrogens is 427 g/mol. The highest BCUT2D eigenvalue weighted by molar-refractivity contribution is 5.53. The highest BCUT2D eigenvalue weighted by Crippen LogP contribution is 2.37. The molecule has 1 heterocycles. The summed E-state index contributed by atoms with van der Waals surface area (Å²) in [5.41, 5.74) is 4.61. The molecule has 0 spiro atoms. The molecule has 1 atom stereocenters. The standard InChI is InChI=1S/C29H35FN2O2/c1-3-4-16-31(2)18-19-34-27-12-5-22(6-13-27)20-29-28-14-11-26(33)21-23(28)15-17-32(29)25-9-7-24(30)8-10-25/h5-14,21,29,33H,3-4,15-20H2,1-2H3. The maximum absolute atomic E-state index is 13.5. The Labute approximate surface area is 202 Å². The van der Waals surface area contributed by atoms with E-state index in [1.807, 2.05) is 36.4 Å². The van der Waals surface area contributed by atoms with Gasteiger partial charge in [0.15, 0.2) is 0 Å². The SMILES string of the molecule is CCCCN(C)CCOc1ccc(CC2c3ccc(O)cc3CCN2c2ccc(F)cc2)cc1. The van der Waals surface area contributed by atoms with E-state index in [1.165, 1.54) is 41.7 Å². The number of nitrogens with zero attached hydrogens (tertiary/aromatic N) is 2. The van der Waals surface area contributed by atoms with Gasteiger partial charge in [0.25, 0.3) is 0 Å². The van der Waals surface area contributed by atoms with Crippen LogP contribution in [0.2, 0.25) is 0 Å². The van der Waals surface area contributed by atoms with Crippen molar-refractivity contribution in [1.82, 2.24) is 4.90 Å². The van der Waals surface area contributed by atoms with Crippen molar-refractivity contribution >= 4 is 5.69 Å². The van der Waals surface area contributed by atoms with Gasteiger partial charge in [0.1, 0.15) is 23.9 Å². The molecule has 4 rings (SSSR count). The highest BCUT2D eigenvalue weighted by atomic mass is 19.1. The van der Waals surface area contributed by atoms with Gasteiger partial charge in [0, 0.05) is 18.8 Å². The van der Waals surface area contributed by atoms with Crippen molar-refractivity contribution in [1.29, 1.82) is 0 Å². The Morgan fingerprint density at radius 3 is 2.53 bits per heavy atom. The maximum Gasteiger partial charge on any atom is 0.123 e. The van der Waals surface area contributed by atoms with Crippen LogP contribution in [0, 0.1) is 5.82 Å². The van der Waals surface area contributed by atoms with E-state index in [0.717, 1.165) is 43.9 Å². The first kappa shape index (κ1) is 24.1. The molecule has 4 nitrogen and oxygen atoms in total. The monoisotopic (exact) mass is 462 g/mol. The van der Waals surface area contributed by atoms with Crippen molar-refractivity contribution in [3.05, 3.63) is 89.2 Å². The molecule has 3 aromatic carbocycles. The second kappa shape index (κ2) is 11.4. The number of phenols is 1. The molecule has 0 radical (unpaired) electrons. The zero-order valence-electron chi connectivity index (χ0n) is 20.2. The number of benzene rings is 3. The summed E-state index contributed by atoms with van der Waals surface area (Å²) in [6.45, 7) is 5.72. The smallest absolute Gasteiger partial charge is 0.123 e. The van der Waals surface area contributed by atoms with Gasteiger partial charge in [-0.1, -0.05) is 31.5 Å². The molecular formula is C29H35FN2O2. The van der Waals surface area contributed by atoms with Crippen LogP contribution in [0.4, 0.5) is 10.1 Å². The Morgan fingerprint density at radius 1 is 1.03 bits per heavy atom. The molecule has 1 aliphatic rings. The lowest BCUT2D eigenvalue weighted by Gasteiger charge is -2.39. The van der Waals surface area contributed by atoms with Crippen molar-refractivity contribution in [3.8, 4) is 11.5 Å². The van der Waals surface area contributed by atoms with Gasteiger partial charge in [-0.25, -0.2) is 4.39 Å². The molecule has 0 amide bonds. The second-order valence-electron chi connectivity index (χ2n) is 9.17. The van der Waals surface area contributed by atoms with Crippen LogP contribution in [0.5, 0.6) is 11.5 Å².